The summed E-state index contributed by atoms with van der Waals surface area (Å²) in [6.45, 7) is 7.70. The minimum atomic E-state index is -0.615. The summed E-state index contributed by atoms with van der Waals surface area (Å²) in [4.78, 5) is 13.7. The van der Waals surface area contributed by atoms with E-state index in [-0.39, 0.29) is 6.54 Å². The SMILES string of the molecule is COc1ccc(CN(C[C@@H](C)O)C(=O)OC(C)(C)C)cc1. The molecular formula is C16H25NO4. The van der Waals surface area contributed by atoms with Gasteiger partial charge in [0, 0.05) is 6.54 Å². The third-order valence-electron chi connectivity index (χ3n) is 2.67. The first-order chi connectivity index (χ1) is 9.71. The van der Waals surface area contributed by atoms with Crippen LogP contribution < -0.4 is 4.74 Å². The lowest BCUT2D eigenvalue weighted by Gasteiger charge is -2.28. The monoisotopic (exact) mass is 295 g/mol. The molecule has 0 aromatic heterocycles. The third-order valence-corrected chi connectivity index (χ3v) is 2.67. The molecule has 1 aromatic rings. The zero-order valence-corrected chi connectivity index (χ0v) is 13.4. The average molecular weight is 295 g/mol. The van der Waals surface area contributed by atoms with Crippen LogP contribution in [0.4, 0.5) is 4.79 Å². The van der Waals surface area contributed by atoms with E-state index in [1.54, 1.807) is 14.0 Å². The van der Waals surface area contributed by atoms with Crippen LogP contribution in [0, 0.1) is 0 Å². The Morgan fingerprint density at radius 1 is 1.29 bits per heavy atom. The van der Waals surface area contributed by atoms with Gasteiger partial charge in [-0.05, 0) is 45.4 Å². The van der Waals surface area contributed by atoms with Crippen molar-refractivity contribution in [1.29, 1.82) is 0 Å². The molecule has 0 spiro atoms. The van der Waals surface area contributed by atoms with E-state index in [1.165, 1.54) is 4.90 Å². The Morgan fingerprint density at radius 3 is 2.29 bits per heavy atom. The van der Waals surface area contributed by atoms with Gasteiger partial charge in [0.05, 0.1) is 19.8 Å². The summed E-state index contributed by atoms with van der Waals surface area (Å²) in [5, 5.41) is 9.56. The largest absolute Gasteiger partial charge is 0.497 e. The summed E-state index contributed by atoms with van der Waals surface area (Å²) in [6.07, 6.45) is -1.05. The van der Waals surface area contributed by atoms with Crippen LogP contribution in [0.15, 0.2) is 24.3 Å². The van der Waals surface area contributed by atoms with Gasteiger partial charge in [-0.15, -0.1) is 0 Å². The lowest BCUT2D eigenvalue weighted by Crippen LogP contribution is -2.40. The number of methoxy groups -OCH3 is 1. The van der Waals surface area contributed by atoms with Crippen molar-refractivity contribution in [2.45, 2.75) is 45.9 Å². The first kappa shape index (κ1) is 17.3. The molecule has 1 amide bonds. The molecule has 0 aliphatic rings. The Kier molecular flexibility index (Phi) is 6.03. The van der Waals surface area contributed by atoms with E-state index in [0.717, 1.165) is 11.3 Å². The van der Waals surface area contributed by atoms with Crippen molar-refractivity contribution in [3.63, 3.8) is 0 Å². The van der Waals surface area contributed by atoms with Crippen molar-refractivity contribution in [2.24, 2.45) is 0 Å². The second-order valence-corrected chi connectivity index (χ2v) is 6.06. The molecule has 1 N–H and O–H groups in total. The second-order valence-electron chi connectivity index (χ2n) is 6.06. The topological polar surface area (TPSA) is 59.0 Å². The summed E-state index contributed by atoms with van der Waals surface area (Å²) >= 11 is 0. The molecule has 0 fully saturated rings. The molecule has 0 radical (unpaired) electrons. The third kappa shape index (κ3) is 6.49. The second kappa shape index (κ2) is 7.31. The summed E-state index contributed by atoms with van der Waals surface area (Å²) < 4.78 is 10.5. The first-order valence-electron chi connectivity index (χ1n) is 7.00. The molecule has 1 aromatic carbocycles. The quantitative estimate of drug-likeness (QED) is 0.907. The lowest BCUT2D eigenvalue weighted by molar-refractivity contribution is 0.0142. The molecule has 0 unspecified atom stereocenters. The first-order valence-corrected chi connectivity index (χ1v) is 7.00. The van der Waals surface area contributed by atoms with Gasteiger partial charge in [0.25, 0.3) is 0 Å². The van der Waals surface area contributed by atoms with E-state index in [0.29, 0.717) is 6.54 Å². The van der Waals surface area contributed by atoms with Gasteiger partial charge in [0.2, 0.25) is 0 Å². The minimum Gasteiger partial charge on any atom is -0.497 e. The molecule has 0 aliphatic heterocycles. The number of carbonyl (C=O) groups excluding carboxylic acids is 1. The zero-order chi connectivity index (χ0) is 16.0. The van der Waals surface area contributed by atoms with Gasteiger partial charge in [0.15, 0.2) is 0 Å². The smallest absolute Gasteiger partial charge is 0.410 e. The summed E-state index contributed by atoms with van der Waals surface area (Å²) in [5.74, 6) is 0.762. The van der Waals surface area contributed by atoms with Crippen molar-refractivity contribution < 1.29 is 19.4 Å². The Labute approximate surface area is 126 Å². The molecule has 0 saturated carbocycles. The number of ether oxygens (including phenoxy) is 2. The van der Waals surface area contributed by atoms with E-state index >= 15 is 0 Å². The van der Waals surface area contributed by atoms with E-state index < -0.39 is 17.8 Å². The lowest BCUT2D eigenvalue weighted by atomic mass is 10.2. The molecule has 21 heavy (non-hydrogen) atoms. The summed E-state index contributed by atoms with van der Waals surface area (Å²) in [5.41, 5.74) is 0.385. The number of amides is 1. The number of hydrogen-bond donors (Lipinski definition) is 1. The van der Waals surface area contributed by atoms with Crippen LogP contribution in [-0.2, 0) is 11.3 Å². The van der Waals surface area contributed by atoms with E-state index in [2.05, 4.69) is 0 Å². The van der Waals surface area contributed by atoms with Gasteiger partial charge in [-0.3, -0.25) is 0 Å². The van der Waals surface area contributed by atoms with Gasteiger partial charge in [-0.1, -0.05) is 12.1 Å². The number of benzene rings is 1. The highest BCUT2D eigenvalue weighted by atomic mass is 16.6. The Balaban J connectivity index is 2.79. The van der Waals surface area contributed by atoms with Crippen LogP contribution in [0.1, 0.15) is 33.3 Å². The van der Waals surface area contributed by atoms with E-state index in [4.69, 9.17) is 9.47 Å². The molecule has 1 atom stereocenters. The normalized spacial score (nSPS) is 12.7. The maximum Gasteiger partial charge on any atom is 0.410 e. The van der Waals surface area contributed by atoms with E-state index in [1.807, 2.05) is 45.0 Å². The Hall–Kier alpha value is -1.75. The van der Waals surface area contributed by atoms with Crippen molar-refractivity contribution in [3.05, 3.63) is 29.8 Å². The predicted molar refractivity (Wildman–Crippen MR) is 81.3 cm³/mol. The average Bonchev–Trinajstić information content (AvgIpc) is 2.36. The number of aliphatic hydroxyl groups is 1. The summed E-state index contributed by atoms with van der Waals surface area (Å²) in [7, 11) is 1.61. The van der Waals surface area contributed by atoms with Gasteiger partial charge < -0.3 is 19.5 Å². The molecule has 1 rings (SSSR count). The number of aliphatic hydroxyl groups excluding tert-OH is 1. The van der Waals surface area contributed by atoms with Gasteiger partial charge >= 0.3 is 6.09 Å². The Morgan fingerprint density at radius 2 is 1.86 bits per heavy atom. The number of carbonyl (C=O) groups is 1. The Bertz CT molecular complexity index is 448. The molecule has 0 aliphatic carbocycles. The van der Waals surface area contributed by atoms with Gasteiger partial charge in [-0.2, -0.15) is 0 Å². The maximum atomic E-state index is 12.2. The fraction of sp³-hybridized carbons (Fsp3) is 0.562. The molecular weight excluding hydrogens is 270 g/mol. The van der Waals surface area contributed by atoms with E-state index in [9.17, 15) is 9.90 Å². The van der Waals surface area contributed by atoms with Crippen LogP contribution in [0.5, 0.6) is 5.75 Å². The number of hydrogen-bond acceptors (Lipinski definition) is 4. The van der Waals surface area contributed by atoms with Crippen LogP contribution >= 0.6 is 0 Å². The summed E-state index contributed by atoms with van der Waals surface area (Å²) in [6, 6.07) is 7.45. The van der Waals surface area contributed by atoms with Crippen LogP contribution in [-0.4, -0.2) is 41.5 Å². The fourth-order valence-corrected chi connectivity index (χ4v) is 1.80. The zero-order valence-electron chi connectivity index (χ0n) is 13.4. The molecule has 0 saturated heterocycles. The predicted octanol–water partition coefficient (Wildman–Crippen LogP) is 2.81. The minimum absolute atomic E-state index is 0.223. The highest BCUT2D eigenvalue weighted by Gasteiger charge is 2.23. The van der Waals surface area contributed by atoms with Crippen LogP contribution in [0.3, 0.4) is 0 Å². The van der Waals surface area contributed by atoms with Crippen LogP contribution in [0.25, 0.3) is 0 Å². The highest BCUT2D eigenvalue weighted by molar-refractivity contribution is 5.68. The van der Waals surface area contributed by atoms with Crippen molar-refractivity contribution in [2.75, 3.05) is 13.7 Å². The fourth-order valence-electron chi connectivity index (χ4n) is 1.80. The van der Waals surface area contributed by atoms with Crippen LogP contribution in [0.2, 0.25) is 0 Å². The number of nitrogens with zero attached hydrogens (tertiary/aromatic N) is 1. The van der Waals surface area contributed by atoms with Crippen molar-refractivity contribution in [3.8, 4) is 5.75 Å². The maximum absolute atomic E-state index is 12.2. The van der Waals surface area contributed by atoms with Gasteiger partial charge in [0.1, 0.15) is 11.4 Å². The molecule has 0 bridgehead atoms. The standard InChI is InChI=1S/C16H25NO4/c1-12(18)10-17(15(19)21-16(2,3)4)11-13-6-8-14(20-5)9-7-13/h6-9,12,18H,10-11H2,1-5H3/t12-/m1/s1. The van der Waals surface area contributed by atoms with Gasteiger partial charge in [-0.25, -0.2) is 4.79 Å². The highest BCUT2D eigenvalue weighted by Crippen LogP contribution is 2.16. The molecule has 118 valence electrons. The van der Waals surface area contributed by atoms with Crippen molar-refractivity contribution in [1.82, 2.24) is 4.90 Å². The molecule has 5 nitrogen and oxygen atoms in total. The molecule has 5 heteroatoms. The van der Waals surface area contributed by atoms with Crippen molar-refractivity contribution >= 4 is 6.09 Å². The number of rotatable bonds is 5. The molecule has 0 heterocycles.